The van der Waals surface area contributed by atoms with Gasteiger partial charge in [0.1, 0.15) is 0 Å². The fourth-order valence-electron chi connectivity index (χ4n) is 4.90. The Hall–Kier alpha value is -2.00. The van der Waals surface area contributed by atoms with Gasteiger partial charge in [-0.25, -0.2) is 0 Å². The third-order valence-corrected chi connectivity index (χ3v) is 6.75. The number of benzene rings is 2. The summed E-state index contributed by atoms with van der Waals surface area (Å²) < 4.78 is 0. The van der Waals surface area contributed by atoms with Gasteiger partial charge in [0.05, 0.1) is 0 Å². The summed E-state index contributed by atoms with van der Waals surface area (Å²) in [6.45, 7) is 7.00. The lowest BCUT2D eigenvalue weighted by Gasteiger charge is -2.32. The first-order valence-electron chi connectivity index (χ1n) is 11.9. The molecular formula is C29H38. The van der Waals surface area contributed by atoms with E-state index in [0.717, 1.165) is 35.3 Å². The monoisotopic (exact) mass is 386 g/mol. The maximum Gasteiger partial charge on any atom is 0.0249 e. The highest BCUT2D eigenvalue weighted by molar-refractivity contribution is 5.44. The minimum atomic E-state index is 0.788. The van der Waals surface area contributed by atoms with Crippen LogP contribution in [0.4, 0.5) is 0 Å². The zero-order valence-corrected chi connectivity index (χ0v) is 18.7. The zero-order valence-electron chi connectivity index (χ0n) is 18.7. The molecule has 1 saturated carbocycles. The average molecular weight is 387 g/mol. The number of hydrogen-bond donors (Lipinski definition) is 0. The molecular weight excluding hydrogens is 348 g/mol. The largest absolute Gasteiger partial charge is 0.0654 e. The van der Waals surface area contributed by atoms with Crippen LogP contribution in [0.1, 0.15) is 88.0 Å². The third-order valence-electron chi connectivity index (χ3n) is 6.75. The van der Waals surface area contributed by atoms with E-state index in [9.17, 15) is 0 Å². The summed E-state index contributed by atoms with van der Waals surface area (Å²) in [6, 6.07) is 17.6. The van der Waals surface area contributed by atoms with E-state index in [0.29, 0.717) is 0 Å². The number of aryl methyl sites for hydroxylation is 1. The van der Waals surface area contributed by atoms with Crippen molar-refractivity contribution in [1.82, 2.24) is 0 Å². The standard InChI is InChI=1S/C29H38/c1-4-6-24-8-10-26(11-9-24)12-13-27-14-16-28(17-15-27)22-23(3)29-20-18-25(7-5-2)19-21-29/h8-11,14-17,23,25,29H,4-7,18-22H2,1-3H3. The van der Waals surface area contributed by atoms with E-state index in [2.05, 4.69) is 81.1 Å². The van der Waals surface area contributed by atoms with Gasteiger partial charge in [-0.05, 0) is 78.8 Å². The number of rotatable bonds is 7. The van der Waals surface area contributed by atoms with Gasteiger partial charge >= 0.3 is 0 Å². The first kappa shape index (κ1) is 21.7. The van der Waals surface area contributed by atoms with Gasteiger partial charge in [-0.3, -0.25) is 0 Å². The molecule has 0 aliphatic heterocycles. The molecule has 1 unspecified atom stereocenters. The van der Waals surface area contributed by atoms with Crippen LogP contribution >= 0.6 is 0 Å². The molecule has 0 aromatic heterocycles. The minimum Gasteiger partial charge on any atom is -0.0654 e. The Labute approximate surface area is 179 Å². The van der Waals surface area contributed by atoms with Crippen molar-refractivity contribution in [2.24, 2.45) is 17.8 Å². The second-order valence-electron chi connectivity index (χ2n) is 9.14. The Kier molecular flexibility index (Phi) is 8.42. The van der Waals surface area contributed by atoms with Crippen LogP contribution in [0.15, 0.2) is 48.5 Å². The Morgan fingerprint density at radius 3 is 1.83 bits per heavy atom. The smallest absolute Gasteiger partial charge is 0.0249 e. The summed E-state index contributed by atoms with van der Waals surface area (Å²) >= 11 is 0. The SMILES string of the molecule is CCCc1ccc(C#Cc2ccc(CC(C)C3CCC(CCC)CC3)cc2)cc1. The van der Waals surface area contributed by atoms with E-state index in [1.807, 2.05) is 0 Å². The highest BCUT2D eigenvalue weighted by Gasteiger charge is 2.24. The summed E-state index contributed by atoms with van der Waals surface area (Å²) in [4.78, 5) is 0. The molecule has 2 aromatic rings. The van der Waals surface area contributed by atoms with Crippen LogP contribution in [0, 0.1) is 29.6 Å². The van der Waals surface area contributed by atoms with Crippen molar-refractivity contribution in [1.29, 1.82) is 0 Å². The van der Waals surface area contributed by atoms with Crippen LogP contribution in [0.3, 0.4) is 0 Å². The zero-order chi connectivity index (χ0) is 20.5. The van der Waals surface area contributed by atoms with Crippen molar-refractivity contribution in [3.05, 3.63) is 70.8 Å². The maximum atomic E-state index is 3.32. The molecule has 2 aromatic carbocycles. The lowest BCUT2D eigenvalue weighted by molar-refractivity contribution is 0.206. The molecule has 154 valence electrons. The molecule has 0 heterocycles. The van der Waals surface area contributed by atoms with Gasteiger partial charge in [0.2, 0.25) is 0 Å². The summed E-state index contributed by atoms with van der Waals surface area (Å²) in [5.41, 5.74) is 5.07. The average Bonchev–Trinajstić information content (AvgIpc) is 2.75. The van der Waals surface area contributed by atoms with Gasteiger partial charge < -0.3 is 0 Å². The predicted octanol–water partition coefficient (Wildman–Crippen LogP) is 7.82. The Morgan fingerprint density at radius 1 is 0.759 bits per heavy atom. The first-order chi connectivity index (χ1) is 14.2. The Balaban J connectivity index is 1.51. The second-order valence-corrected chi connectivity index (χ2v) is 9.14. The molecule has 1 aliphatic rings. The fraction of sp³-hybridized carbons (Fsp3) is 0.517. The molecule has 0 heteroatoms. The van der Waals surface area contributed by atoms with Crippen LogP contribution in [-0.4, -0.2) is 0 Å². The van der Waals surface area contributed by atoms with Crippen LogP contribution < -0.4 is 0 Å². The fourth-order valence-corrected chi connectivity index (χ4v) is 4.90. The lowest BCUT2D eigenvalue weighted by atomic mass is 9.74. The molecule has 1 aliphatic carbocycles. The van der Waals surface area contributed by atoms with Gasteiger partial charge in [-0.15, -0.1) is 0 Å². The van der Waals surface area contributed by atoms with Gasteiger partial charge in [-0.2, -0.15) is 0 Å². The molecule has 0 N–H and O–H groups in total. The maximum absolute atomic E-state index is 3.32. The van der Waals surface area contributed by atoms with Gasteiger partial charge in [0, 0.05) is 11.1 Å². The minimum absolute atomic E-state index is 0.788. The first-order valence-corrected chi connectivity index (χ1v) is 11.9. The second kappa shape index (κ2) is 11.3. The normalized spacial score (nSPS) is 20.0. The van der Waals surface area contributed by atoms with Crippen LogP contribution in [0.2, 0.25) is 0 Å². The lowest BCUT2D eigenvalue weighted by Crippen LogP contribution is -2.21. The van der Waals surface area contributed by atoms with Crippen LogP contribution in [0.25, 0.3) is 0 Å². The highest BCUT2D eigenvalue weighted by Crippen LogP contribution is 2.36. The molecule has 0 spiro atoms. The molecule has 1 fully saturated rings. The van der Waals surface area contributed by atoms with Crippen molar-refractivity contribution < 1.29 is 0 Å². The predicted molar refractivity (Wildman–Crippen MR) is 126 cm³/mol. The molecule has 0 radical (unpaired) electrons. The van der Waals surface area contributed by atoms with Crippen molar-refractivity contribution in [3.8, 4) is 11.8 Å². The highest BCUT2D eigenvalue weighted by atomic mass is 14.3. The van der Waals surface area contributed by atoms with Gasteiger partial charge in [0.25, 0.3) is 0 Å². The molecule has 0 amide bonds. The molecule has 0 saturated heterocycles. The van der Waals surface area contributed by atoms with E-state index in [1.165, 1.54) is 62.5 Å². The summed E-state index contributed by atoms with van der Waals surface area (Å²) in [6.07, 6.45) is 12.1. The topological polar surface area (TPSA) is 0 Å². The van der Waals surface area contributed by atoms with Gasteiger partial charge in [-0.1, -0.05) is 89.0 Å². The van der Waals surface area contributed by atoms with Crippen molar-refractivity contribution >= 4 is 0 Å². The van der Waals surface area contributed by atoms with Gasteiger partial charge in [0.15, 0.2) is 0 Å². The van der Waals surface area contributed by atoms with Crippen LogP contribution in [-0.2, 0) is 12.8 Å². The third kappa shape index (κ3) is 6.78. The van der Waals surface area contributed by atoms with Crippen LogP contribution in [0.5, 0.6) is 0 Å². The molecule has 3 rings (SSSR count). The van der Waals surface area contributed by atoms with E-state index < -0.39 is 0 Å². The molecule has 1 atom stereocenters. The van der Waals surface area contributed by atoms with E-state index in [-0.39, 0.29) is 0 Å². The number of hydrogen-bond acceptors (Lipinski definition) is 0. The summed E-state index contributed by atoms with van der Waals surface area (Å²) in [5, 5.41) is 0. The van der Waals surface area contributed by atoms with Crippen molar-refractivity contribution in [3.63, 3.8) is 0 Å². The van der Waals surface area contributed by atoms with Crippen molar-refractivity contribution in [2.75, 3.05) is 0 Å². The van der Waals surface area contributed by atoms with Crippen molar-refractivity contribution in [2.45, 2.75) is 78.6 Å². The molecule has 0 nitrogen and oxygen atoms in total. The summed E-state index contributed by atoms with van der Waals surface area (Å²) in [7, 11) is 0. The van der Waals surface area contributed by atoms with E-state index in [4.69, 9.17) is 0 Å². The summed E-state index contributed by atoms with van der Waals surface area (Å²) in [5.74, 6) is 9.34. The molecule has 0 bridgehead atoms. The molecule has 29 heavy (non-hydrogen) atoms. The van der Waals surface area contributed by atoms with E-state index in [1.54, 1.807) is 0 Å². The Bertz CT molecular complexity index is 777. The quantitative estimate of drug-likeness (QED) is 0.425. The van der Waals surface area contributed by atoms with E-state index >= 15 is 0 Å². The Morgan fingerprint density at radius 2 is 1.31 bits per heavy atom.